The maximum atomic E-state index is 11.3. The molecule has 0 unspecified atom stereocenters. The third-order valence-corrected chi connectivity index (χ3v) is 3.08. The first-order valence-electron chi connectivity index (χ1n) is 6.15. The molecule has 8 heteroatoms. The van der Waals surface area contributed by atoms with Crippen LogP contribution in [0.5, 0.6) is 0 Å². The van der Waals surface area contributed by atoms with E-state index in [1.807, 2.05) is 0 Å². The summed E-state index contributed by atoms with van der Waals surface area (Å²) in [5.41, 5.74) is 1.84. The van der Waals surface area contributed by atoms with Crippen LogP contribution in [0.15, 0.2) is 18.3 Å². The van der Waals surface area contributed by atoms with Gasteiger partial charge in [-0.05, 0) is 26.0 Å². The molecular weight excluding hydrogens is 276 g/mol. The molecule has 0 radical (unpaired) electrons. The minimum absolute atomic E-state index is 0.0150. The maximum absolute atomic E-state index is 11.3. The molecule has 0 saturated carbocycles. The summed E-state index contributed by atoms with van der Waals surface area (Å²) in [5.74, 6) is -0.462. The molecule has 0 aliphatic rings. The molecule has 0 amide bonds. The third kappa shape index (κ3) is 2.88. The minimum Gasteiger partial charge on any atom is -0.465 e. The zero-order valence-electron chi connectivity index (χ0n) is 11.9. The fourth-order valence-electron chi connectivity index (χ4n) is 2.02. The lowest BCUT2D eigenvalue weighted by atomic mass is 10.2. The van der Waals surface area contributed by atoms with Crippen molar-refractivity contribution in [1.29, 1.82) is 0 Å². The van der Waals surface area contributed by atoms with Gasteiger partial charge in [-0.25, -0.2) is 4.79 Å². The number of hydrogen-bond acceptors (Lipinski definition) is 6. The van der Waals surface area contributed by atoms with E-state index in [-0.39, 0.29) is 5.69 Å². The van der Waals surface area contributed by atoms with Crippen molar-refractivity contribution in [2.75, 3.05) is 7.11 Å². The van der Waals surface area contributed by atoms with Crippen LogP contribution in [0.1, 0.15) is 27.4 Å². The standard InChI is InChI=1S/C13H14N4O4/c1-8-12(17(19)20)9(2)16(15-8)7-11-5-4-10(6-14-11)13(18)21-3/h4-6H,7H2,1-3H3. The highest BCUT2D eigenvalue weighted by molar-refractivity contribution is 5.88. The van der Waals surface area contributed by atoms with Gasteiger partial charge in [0, 0.05) is 6.20 Å². The Morgan fingerprint density at radius 2 is 2.14 bits per heavy atom. The van der Waals surface area contributed by atoms with E-state index in [1.165, 1.54) is 18.0 Å². The fourth-order valence-corrected chi connectivity index (χ4v) is 2.02. The molecule has 110 valence electrons. The Kier molecular flexibility index (Phi) is 3.97. The Balaban J connectivity index is 2.25. The van der Waals surface area contributed by atoms with Crippen molar-refractivity contribution in [3.8, 4) is 0 Å². The topological polar surface area (TPSA) is 100 Å². The summed E-state index contributed by atoms with van der Waals surface area (Å²) in [6, 6.07) is 3.25. The lowest BCUT2D eigenvalue weighted by molar-refractivity contribution is -0.386. The molecule has 0 N–H and O–H groups in total. The van der Waals surface area contributed by atoms with Crippen LogP contribution in [0.4, 0.5) is 5.69 Å². The molecule has 2 aromatic rings. The van der Waals surface area contributed by atoms with Gasteiger partial charge in [0.2, 0.25) is 0 Å². The monoisotopic (exact) mass is 290 g/mol. The predicted octanol–water partition coefficient (Wildman–Crippen LogP) is 1.64. The van der Waals surface area contributed by atoms with Gasteiger partial charge >= 0.3 is 11.7 Å². The molecule has 21 heavy (non-hydrogen) atoms. The number of hydrogen-bond donors (Lipinski definition) is 0. The van der Waals surface area contributed by atoms with Gasteiger partial charge in [0.25, 0.3) is 0 Å². The van der Waals surface area contributed by atoms with Crippen LogP contribution in [0.3, 0.4) is 0 Å². The van der Waals surface area contributed by atoms with E-state index < -0.39 is 10.9 Å². The number of aromatic nitrogens is 3. The van der Waals surface area contributed by atoms with E-state index in [1.54, 1.807) is 26.0 Å². The third-order valence-electron chi connectivity index (χ3n) is 3.08. The quantitative estimate of drug-likeness (QED) is 0.482. The molecular formula is C13H14N4O4. The van der Waals surface area contributed by atoms with E-state index in [9.17, 15) is 14.9 Å². The molecule has 0 spiro atoms. The molecule has 8 nitrogen and oxygen atoms in total. The number of rotatable bonds is 4. The predicted molar refractivity (Wildman–Crippen MR) is 73.0 cm³/mol. The number of carbonyl (C=O) groups is 1. The molecule has 2 rings (SSSR count). The van der Waals surface area contributed by atoms with Gasteiger partial charge in [0.05, 0.1) is 29.8 Å². The summed E-state index contributed by atoms with van der Waals surface area (Å²) in [7, 11) is 1.30. The molecule has 2 heterocycles. The average molecular weight is 290 g/mol. The molecule has 0 aliphatic heterocycles. The second-order valence-corrected chi connectivity index (χ2v) is 4.46. The summed E-state index contributed by atoms with van der Waals surface area (Å²) in [6.07, 6.45) is 1.40. The first-order chi connectivity index (χ1) is 9.93. The maximum Gasteiger partial charge on any atom is 0.339 e. The highest BCUT2D eigenvalue weighted by Crippen LogP contribution is 2.22. The Morgan fingerprint density at radius 1 is 1.43 bits per heavy atom. The highest BCUT2D eigenvalue weighted by Gasteiger charge is 2.21. The number of esters is 1. The van der Waals surface area contributed by atoms with Gasteiger partial charge < -0.3 is 4.74 Å². The molecule has 2 aromatic heterocycles. The van der Waals surface area contributed by atoms with Gasteiger partial charge in [0.15, 0.2) is 0 Å². The molecule has 0 aromatic carbocycles. The largest absolute Gasteiger partial charge is 0.465 e. The van der Waals surface area contributed by atoms with Crippen LogP contribution >= 0.6 is 0 Å². The smallest absolute Gasteiger partial charge is 0.339 e. The fraction of sp³-hybridized carbons (Fsp3) is 0.308. The van der Waals surface area contributed by atoms with Gasteiger partial charge in [-0.1, -0.05) is 0 Å². The number of nitro groups is 1. The van der Waals surface area contributed by atoms with Crippen LogP contribution < -0.4 is 0 Å². The van der Waals surface area contributed by atoms with Crippen LogP contribution in [-0.2, 0) is 11.3 Å². The minimum atomic E-state index is -0.462. The lowest BCUT2D eigenvalue weighted by Gasteiger charge is -2.04. The van der Waals surface area contributed by atoms with Crippen LogP contribution in [0, 0.1) is 24.0 Å². The van der Waals surface area contributed by atoms with Crippen molar-refractivity contribution in [3.05, 3.63) is 51.1 Å². The van der Waals surface area contributed by atoms with Crippen molar-refractivity contribution in [2.45, 2.75) is 20.4 Å². The second-order valence-electron chi connectivity index (χ2n) is 4.46. The number of methoxy groups -OCH3 is 1. The first-order valence-corrected chi connectivity index (χ1v) is 6.15. The second kappa shape index (κ2) is 5.70. The zero-order chi connectivity index (χ0) is 15.6. The summed E-state index contributed by atoms with van der Waals surface area (Å²) in [5, 5.41) is 15.1. The van der Waals surface area contributed by atoms with E-state index in [0.29, 0.717) is 29.2 Å². The molecule has 0 aliphatic carbocycles. The lowest BCUT2D eigenvalue weighted by Crippen LogP contribution is -2.07. The van der Waals surface area contributed by atoms with Crippen molar-refractivity contribution < 1.29 is 14.5 Å². The normalized spacial score (nSPS) is 10.4. The Bertz CT molecular complexity index is 691. The summed E-state index contributed by atoms with van der Waals surface area (Å²) in [6.45, 7) is 3.53. The number of ether oxygens (including phenoxy) is 1. The molecule has 0 bridgehead atoms. The van der Waals surface area contributed by atoms with Gasteiger partial charge in [0.1, 0.15) is 11.4 Å². The molecule has 0 fully saturated rings. The van der Waals surface area contributed by atoms with E-state index in [2.05, 4.69) is 14.8 Å². The van der Waals surface area contributed by atoms with Crippen molar-refractivity contribution in [2.24, 2.45) is 0 Å². The van der Waals surface area contributed by atoms with Crippen molar-refractivity contribution in [1.82, 2.24) is 14.8 Å². The van der Waals surface area contributed by atoms with Gasteiger partial charge in [-0.2, -0.15) is 5.10 Å². The van der Waals surface area contributed by atoms with Gasteiger partial charge in [-0.3, -0.25) is 19.8 Å². The first kappa shape index (κ1) is 14.6. The van der Waals surface area contributed by atoms with Crippen LogP contribution in [0.2, 0.25) is 0 Å². The summed E-state index contributed by atoms with van der Waals surface area (Å²) < 4.78 is 6.11. The van der Waals surface area contributed by atoms with Gasteiger partial charge in [-0.15, -0.1) is 0 Å². The summed E-state index contributed by atoms with van der Waals surface area (Å²) in [4.78, 5) is 25.9. The van der Waals surface area contributed by atoms with Crippen molar-refractivity contribution in [3.63, 3.8) is 0 Å². The number of carbonyl (C=O) groups excluding carboxylic acids is 1. The molecule has 0 saturated heterocycles. The molecule has 0 atom stereocenters. The zero-order valence-corrected chi connectivity index (χ0v) is 11.9. The van der Waals surface area contributed by atoms with Crippen LogP contribution in [-0.4, -0.2) is 32.8 Å². The van der Waals surface area contributed by atoms with E-state index >= 15 is 0 Å². The Hall–Kier alpha value is -2.77. The number of nitrogens with zero attached hydrogens (tertiary/aromatic N) is 4. The van der Waals surface area contributed by atoms with Crippen LogP contribution in [0.25, 0.3) is 0 Å². The highest BCUT2D eigenvalue weighted by atomic mass is 16.6. The number of pyridine rings is 1. The van der Waals surface area contributed by atoms with E-state index in [0.717, 1.165) is 0 Å². The Morgan fingerprint density at radius 3 is 2.62 bits per heavy atom. The van der Waals surface area contributed by atoms with Crippen molar-refractivity contribution >= 4 is 11.7 Å². The Labute approximate surface area is 120 Å². The number of aryl methyl sites for hydroxylation is 1. The summed E-state index contributed by atoms with van der Waals surface area (Å²) >= 11 is 0. The SMILES string of the molecule is COC(=O)c1ccc(Cn2nc(C)c([N+](=O)[O-])c2C)nc1. The average Bonchev–Trinajstić information content (AvgIpc) is 2.73. The van der Waals surface area contributed by atoms with E-state index in [4.69, 9.17) is 0 Å².